The van der Waals surface area contributed by atoms with E-state index in [0.29, 0.717) is 6.42 Å². The van der Waals surface area contributed by atoms with Gasteiger partial charge in [0.05, 0.1) is 6.04 Å². The molecule has 1 heterocycles. The van der Waals surface area contributed by atoms with E-state index >= 15 is 0 Å². The van der Waals surface area contributed by atoms with Crippen molar-refractivity contribution in [1.82, 2.24) is 15.3 Å². The van der Waals surface area contributed by atoms with E-state index in [-0.39, 0.29) is 11.9 Å². The topological polar surface area (TPSA) is 37.8 Å². The third-order valence-electron chi connectivity index (χ3n) is 2.90. The van der Waals surface area contributed by atoms with E-state index < -0.39 is 0 Å². The highest BCUT2D eigenvalue weighted by molar-refractivity contribution is 9.10. The van der Waals surface area contributed by atoms with Crippen LogP contribution in [0.3, 0.4) is 0 Å². The van der Waals surface area contributed by atoms with Gasteiger partial charge in [-0.1, -0.05) is 22.9 Å². The Labute approximate surface area is 126 Å². The van der Waals surface area contributed by atoms with Gasteiger partial charge in [0.25, 0.3) is 0 Å². The van der Waals surface area contributed by atoms with Crippen molar-refractivity contribution < 1.29 is 4.39 Å². The lowest BCUT2D eigenvalue weighted by molar-refractivity contribution is 0.502. The van der Waals surface area contributed by atoms with Gasteiger partial charge in [-0.2, -0.15) is 0 Å². The molecule has 20 heavy (non-hydrogen) atoms. The first-order valence-electron chi connectivity index (χ1n) is 6.64. The molecule has 1 N–H and O–H groups in total. The average molecular weight is 338 g/mol. The lowest BCUT2D eigenvalue weighted by Crippen LogP contribution is -2.25. The highest BCUT2D eigenvalue weighted by Gasteiger charge is 2.14. The van der Waals surface area contributed by atoms with Gasteiger partial charge < -0.3 is 5.32 Å². The number of rotatable bonds is 6. The lowest BCUT2D eigenvalue weighted by Gasteiger charge is -2.17. The van der Waals surface area contributed by atoms with Crippen LogP contribution in [0.2, 0.25) is 0 Å². The van der Waals surface area contributed by atoms with E-state index in [1.165, 1.54) is 6.07 Å². The molecule has 0 saturated carbocycles. The lowest BCUT2D eigenvalue weighted by atomic mass is 10.0. The molecule has 5 heteroatoms. The second kappa shape index (κ2) is 7.45. The van der Waals surface area contributed by atoms with E-state index in [0.717, 1.165) is 28.8 Å². The maximum atomic E-state index is 13.5. The highest BCUT2D eigenvalue weighted by Crippen LogP contribution is 2.20. The van der Waals surface area contributed by atoms with Gasteiger partial charge in [0.2, 0.25) is 0 Å². The Morgan fingerprint density at radius 3 is 2.65 bits per heavy atom. The minimum atomic E-state index is -0.238. The predicted molar refractivity (Wildman–Crippen MR) is 80.9 cm³/mol. The van der Waals surface area contributed by atoms with E-state index in [1.54, 1.807) is 24.5 Å². The number of benzene rings is 1. The van der Waals surface area contributed by atoms with Crippen LogP contribution in [0.1, 0.15) is 30.8 Å². The molecule has 0 aliphatic heterocycles. The van der Waals surface area contributed by atoms with Crippen molar-refractivity contribution in [3.05, 3.63) is 58.3 Å². The number of nitrogens with zero attached hydrogens (tertiary/aromatic N) is 2. The summed E-state index contributed by atoms with van der Waals surface area (Å²) < 4.78 is 14.2. The number of nitrogens with one attached hydrogen (secondary N) is 1. The zero-order chi connectivity index (χ0) is 14.4. The van der Waals surface area contributed by atoms with Gasteiger partial charge in [-0.3, -0.25) is 0 Å². The van der Waals surface area contributed by atoms with E-state index in [4.69, 9.17) is 0 Å². The number of hydrogen-bond donors (Lipinski definition) is 1. The largest absolute Gasteiger partial charge is 0.307 e. The van der Waals surface area contributed by atoms with Crippen molar-refractivity contribution in [2.75, 3.05) is 6.54 Å². The summed E-state index contributed by atoms with van der Waals surface area (Å²) in [6.45, 7) is 2.98. The molecule has 1 atom stereocenters. The summed E-state index contributed by atoms with van der Waals surface area (Å²) in [4.78, 5) is 8.59. The Kier molecular flexibility index (Phi) is 5.61. The molecule has 2 rings (SSSR count). The summed E-state index contributed by atoms with van der Waals surface area (Å²) in [7, 11) is 0. The molecule has 1 aromatic heterocycles. The molecule has 0 amide bonds. The molecule has 0 aliphatic rings. The third-order valence-corrected chi connectivity index (χ3v) is 3.36. The van der Waals surface area contributed by atoms with Crippen LogP contribution in [0.5, 0.6) is 0 Å². The second-order valence-electron chi connectivity index (χ2n) is 4.60. The van der Waals surface area contributed by atoms with Gasteiger partial charge in [-0.15, -0.1) is 0 Å². The van der Waals surface area contributed by atoms with Crippen molar-refractivity contribution in [2.24, 2.45) is 0 Å². The minimum absolute atomic E-state index is 0.00940. The molecule has 0 radical (unpaired) electrons. The smallest absolute Gasteiger partial charge is 0.145 e. The molecule has 2 aromatic rings. The molecular formula is C15H17BrFN3. The van der Waals surface area contributed by atoms with Crippen molar-refractivity contribution in [1.29, 1.82) is 0 Å². The molecule has 0 aliphatic carbocycles. The molecule has 0 saturated heterocycles. The van der Waals surface area contributed by atoms with Crippen LogP contribution in [0.25, 0.3) is 0 Å². The first-order valence-corrected chi connectivity index (χ1v) is 7.43. The monoisotopic (exact) mass is 337 g/mol. The van der Waals surface area contributed by atoms with Gasteiger partial charge in [0.15, 0.2) is 0 Å². The Hall–Kier alpha value is -1.33. The second-order valence-corrected chi connectivity index (χ2v) is 5.51. The molecule has 1 aromatic carbocycles. The normalized spacial score (nSPS) is 12.3. The van der Waals surface area contributed by atoms with Crippen LogP contribution in [0.15, 0.2) is 41.1 Å². The molecule has 0 spiro atoms. The van der Waals surface area contributed by atoms with Crippen molar-refractivity contribution >= 4 is 15.9 Å². The fraction of sp³-hybridized carbons (Fsp3) is 0.333. The summed E-state index contributed by atoms with van der Waals surface area (Å²) in [6.07, 6.45) is 5.13. The zero-order valence-corrected chi connectivity index (χ0v) is 12.9. The quantitative estimate of drug-likeness (QED) is 0.873. The fourth-order valence-corrected chi connectivity index (χ4v) is 2.54. The van der Waals surface area contributed by atoms with Crippen molar-refractivity contribution in [3.63, 3.8) is 0 Å². The van der Waals surface area contributed by atoms with E-state index in [9.17, 15) is 4.39 Å². The van der Waals surface area contributed by atoms with Crippen molar-refractivity contribution in [3.8, 4) is 0 Å². The van der Waals surface area contributed by atoms with Gasteiger partial charge in [-0.25, -0.2) is 14.4 Å². The Morgan fingerprint density at radius 2 is 2.00 bits per heavy atom. The van der Waals surface area contributed by atoms with Gasteiger partial charge in [0.1, 0.15) is 11.6 Å². The van der Waals surface area contributed by atoms with E-state index in [1.807, 2.05) is 6.07 Å². The Bertz CT molecular complexity index is 528. The van der Waals surface area contributed by atoms with Crippen LogP contribution in [-0.4, -0.2) is 16.5 Å². The minimum Gasteiger partial charge on any atom is -0.307 e. The Balaban J connectivity index is 2.19. The highest BCUT2D eigenvalue weighted by atomic mass is 79.9. The summed E-state index contributed by atoms with van der Waals surface area (Å²) in [5.41, 5.74) is 0.915. The number of halogens is 2. The first kappa shape index (κ1) is 15.1. The summed E-state index contributed by atoms with van der Waals surface area (Å²) in [6, 6.07) is 6.71. The maximum absolute atomic E-state index is 13.5. The fourth-order valence-electron chi connectivity index (χ4n) is 2.03. The molecule has 1 unspecified atom stereocenters. The van der Waals surface area contributed by atoms with Gasteiger partial charge >= 0.3 is 0 Å². The van der Waals surface area contributed by atoms with Crippen LogP contribution >= 0.6 is 15.9 Å². The van der Waals surface area contributed by atoms with Crippen LogP contribution in [0.4, 0.5) is 4.39 Å². The summed E-state index contributed by atoms with van der Waals surface area (Å²) in [5.74, 6) is 0.499. The average Bonchev–Trinajstić information content (AvgIpc) is 2.43. The number of aromatic nitrogens is 2. The molecule has 0 bridgehead atoms. The van der Waals surface area contributed by atoms with Crippen LogP contribution < -0.4 is 5.32 Å². The molecule has 0 fully saturated rings. The maximum Gasteiger partial charge on any atom is 0.145 e. The van der Waals surface area contributed by atoms with Gasteiger partial charge in [0, 0.05) is 16.9 Å². The molecule has 3 nitrogen and oxygen atoms in total. The van der Waals surface area contributed by atoms with Gasteiger partial charge in [-0.05, 0) is 49.2 Å². The third kappa shape index (κ3) is 4.35. The number of hydrogen-bond acceptors (Lipinski definition) is 3. The summed E-state index contributed by atoms with van der Waals surface area (Å²) >= 11 is 3.32. The Morgan fingerprint density at radius 1 is 1.25 bits per heavy atom. The first-order chi connectivity index (χ1) is 9.69. The summed E-state index contributed by atoms with van der Waals surface area (Å²) in [5, 5.41) is 3.41. The SMILES string of the molecule is CCCNC(Cc1cc(F)cc(Br)c1)c1ncccn1. The predicted octanol–water partition coefficient (Wildman–Crippen LogP) is 3.66. The standard InChI is InChI=1S/C15H17BrFN3/c1-2-4-18-14(15-19-5-3-6-20-15)9-11-7-12(16)10-13(17)8-11/h3,5-8,10,14,18H,2,4,9H2,1H3. The zero-order valence-electron chi connectivity index (χ0n) is 11.3. The molecule has 106 valence electrons. The van der Waals surface area contributed by atoms with Crippen molar-refractivity contribution in [2.45, 2.75) is 25.8 Å². The van der Waals surface area contributed by atoms with E-state index in [2.05, 4.69) is 38.1 Å². The van der Waals surface area contributed by atoms with Crippen LogP contribution in [0, 0.1) is 5.82 Å². The van der Waals surface area contributed by atoms with Crippen LogP contribution in [-0.2, 0) is 6.42 Å². The molecular weight excluding hydrogens is 321 g/mol.